The zero-order valence-electron chi connectivity index (χ0n) is 11.0. The second-order valence-corrected chi connectivity index (χ2v) is 5.38. The van der Waals surface area contributed by atoms with E-state index < -0.39 is 0 Å². The number of ether oxygens (including phenoxy) is 1. The normalized spacial score (nSPS) is 10.9. The summed E-state index contributed by atoms with van der Waals surface area (Å²) in [5.41, 5.74) is 0.239. The van der Waals surface area contributed by atoms with Gasteiger partial charge in [0.2, 0.25) is 0 Å². The number of hydrogen-bond donors (Lipinski definition) is 0. The van der Waals surface area contributed by atoms with Gasteiger partial charge in [0.25, 0.3) is 0 Å². The van der Waals surface area contributed by atoms with Crippen LogP contribution in [-0.4, -0.2) is 15.6 Å². The Hall–Kier alpha value is -2.34. The van der Waals surface area contributed by atoms with Crippen molar-refractivity contribution in [3.8, 4) is 11.4 Å². The first kappa shape index (κ1) is 12.7. The summed E-state index contributed by atoms with van der Waals surface area (Å²) in [5.74, 6) is 0.712. The van der Waals surface area contributed by atoms with Crippen LogP contribution in [0.5, 0.6) is 5.75 Å². The summed E-state index contributed by atoms with van der Waals surface area (Å²) in [5, 5.41) is 1.68. The molecule has 0 aliphatic heterocycles. The second kappa shape index (κ2) is 4.64. The van der Waals surface area contributed by atoms with Crippen LogP contribution in [0.25, 0.3) is 16.5 Å². The monoisotopic (exact) mass is 288 g/mol. The number of rotatable bonds is 2. The lowest BCUT2D eigenvalue weighted by Gasteiger charge is -2.09. The van der Waals surface area contributed by atoms with Crippen molar-refractivity contribution in [1.82, 2.24) is 8.52 Å². The Morgan fingerprint density at radius 2 is 1.75 bits per heavy atom. The standard InChI is InChI=1S/C14H12N2O3S/c1-15-13(17)16(14(18)20-15)11-7-8-12(19-2)10-6-4-3-5-9(10)11/h3-8H,1-2H3. The molecule has 0 fully saturated rings. The van der Waals surface area contributed by atoms with Crippen molar-refractivity contribution in [2.75, 3.05) is 7.11 Å². The molecule has 5 nitrogen and oxygen atoms in total. The predicted molar refractivity (Wildman–Crippen MR) is 79.2 cm³/mol. The Balaban J connectivity index is 2.44. The Morgan fingerprint density at radius 1 is 1.05 bits per heavy atom. The van der Waals surface area contributed by atoms with Crippen molar-refractivity contribution >= 4 is 22.3 Å². The molecule has 3 aromatic rings. The summed E-state index contributed by atoms with van der Waals surface area (Å²) in [4.78, 5) is 23.8. The van der Waals surface area contributed by atoms with Crippen LogP contribution in [0.3, 0.4) is 0 Å². The van der Waals surface area contributed by atoms with Crippen molar-refractivity contribution in [2.45, 2.75) is 0 Å². The van der Waals surface area contributed by atoms with Gasteiger partial charge < -0.3 is 4.74 Å². The van der Waals surface area contributed by atoms with Crippen molar-refractivity contribution < 1.29 is 4.74 Å². The summed E-state index contributed by atoms with van der Waals surface area (Å²) in [6.07, 6.45) is 0. The van der Waals surface area contributed by atoms with Gasteiger partial charge in [0, 0.05) is 29.4 Å². The summed E-state index contributed by atoms with van der Waals surface area (Å²) >= 11 is 0.890. The molecule has 0 unspecified atom stereocenters. The van der Waals surface area contributed by atoms with Gasteiger partial charge in [0.05, 0.1) is 12.8 Å². The van der Waals surface area contributed by atoms with Crippen LogP contribution in [0.2, 0.25) is 0 Å². The molecule has 0 aliphatic rings. The molecule has 0 radical (unpaired) electrons. The van der Waals surface area contributed by atoms with E-state index in [9.17, 15) is 9.59 Å². The first-order valence-electron chi connectivity index (χ1n) is 5.99. The molecule has 0 spiro atoms. The van der Waals surface area contributed by atoms with E-state index in [1.54, 1.807) is 26.3 Å². The van der Waals surface area contributed by atoms with E-state index in [-0.39, 0.29) is 10.6 Å². The minimum Gasteiger partial charge on any atom is -0.496 e. The molecule has 2 aromatic carbocycles. The maximum absolute atomic E-state index is 12.1. The molecule has 6 heteroatoms. The van der Waals surface area contributed by atoms with Gasteiger partial charge in [-0.15, -0.1) is 0 Å². The minimum absolute atomic E-state index is 0.298. The zero-order chi connectivity index (χ0) is 14.3. The Kier molecular flexibility index (Phi) is 2.94. The fourth-order valence-electron chi connectivity index (χ4n) is 2.25. The molecule has 0 atom stereocenters. The Labute approximate surface area is 118 Å². The highest BCUT2D eigenvalue weighted by atomic mass is 32.1. The van der Waals surface area contributed by atoms with E-state index in [0.717, 1.165) is 22.3 Å². The van der Waals surface area contributed by atoms with E-state index >= 15 is 0 Å². The van der Waals surface area contributed by atoms with Crippen LogP contribution < -0.4 is 15.3 Å². The van der Waals surface area contributed by atoms with Crippen LogP contribution in [0, 0.1) is 0 Å². The molecule has 1 aromatic heterocycles. The molecule has 0 bridgehead atoms. The average molecular weight is 288 g/mol. The number of benzene rings is 2. The number of hydrogen-bond acceptors (Lipinski definition) is 4. The van der Waals surface area contributed by atoms with Crippen LogP contribution in [-0.2, 0) is 7.05 Å². The lowest BCUT2D eigenvalue weighted by atomic mass is 10.1. The van der Waals surface area contributed by atoms with Crippen LogP contribution >= 0.6 is 11.5 Å². The topological polar surface area (TPSA) is 53.2 Å². The third-order valence-corrected chi connectivity index (χ3v) is 3.95. The van der Waals surface area contributed by atoms with Gasteiger partial charge in [-0.2, -0.15) is 0 Å². The molecule has 0 saturated carbocycles. The van der Waals surface area contributed by atoms with Gasteiger partial charge in [0.1, 0.15) is 5.75 Å². The maximum Gasteiger partial charge on any atom is 0.345 e. The molecule has 0 amide bonds. The van der Waals surface area contributed by atoms with Gasteiger partial charge in [-0.25, -0.2) is 13.3 Å². The molecule has 0 N–H and O–H groups in total. The summed E-state index contributed by atoms with van der Waals surface area (Å²) < 4.78 is 7.82. The summed E-state index contributed by atoms with van der Waals surface area (Å²) in [6, 6.07) is 11.0. The highest BCUT2D eigenvalue weighted by Gasteiger charge is 2.14. The van der Waals surface area contributed by atoms with E-state index in [1.807, 2.05) is 24.3 Å². The van der Waals surface area contributed by atoms with Crippen molar-refractivity contribution in [1.29, 1.82) is 0 Å². The molecule has 3 rings (SSSR count). The highest BCUT2D eigenvalue weighted by molar-refractivity contribution is 7.03. The minimum atomic E-state index is -0.338. The first-order chi connectivity index (χ1) is 9.63. The van der Waals surface area contributed by atoms with Crippen LogP contribution in [0.15, 0.2) is 46.0 Å². The number of nitrogens with zero attached hydrogens (tertiary/aromatic N) is 2. The number of methoxy groups -OCH3 is 1. The van der Waals surface area contributed by atoms with E-state index in [4.69, 9.17) is 4.74 Å². The predicted octanol–water partition coefficient (Wildman–Crippen LogP) is 1.76. The first-order valence-corrected chi connectivity index (χ1v) is 6.76. The molecule has 1 heterocycles. The zero-order valence-corrected chi connectivity index (χ0v) is 11.8. The Bertz CT molecular complexity index is 905. The van der Waals surface area contributed by atoms with Gasteiger partial charge in [-0.3, -0.25) is 4.79 Å². The van der Waals surface area contributed by atoms with Crippen LogP contribution in [0.1, 0.15) is 0 Å². The van der Waals surface area contributed by atoms with Gasteiger partial charge in [-0.05, 0) is 12.1 Å². The Morgan fingerprint density at radius 3 is 2.35 bits per heavy atom. The fourth-order valence-corrected chi connectivity index (χ4v) is 2.90. The van der Waals surface area contributed by atoms with E-state index in [2.05, 4.69) is 0 Å². The van der Waals surface area contributed by atoms with Gasteiger partial charge in [-0.1, -0.05) is 24.3 Å². The smallest absolute Gasteiger partial charge is 0.345 e. The molecule has 102 valence electrons. The molecule has 20 heavy (non-hydrogen) atoms. The largest absolute Gasteiger partial charge is 0.496 e. The number of fused-ring (bicyclic) bond motifs is 1. The number of aromatic nitrogens is 2. The fraction of sp³-hybridized carbons (Fsp3) is 0.143. The lowest BCUT2D eigenvalue weighted by molar-refractivity contribution is 0.420. The molecular formula is C14H12N2O3S. The average Bonchev–Trinajstić information content (AvgIpc) is 2.71. The number of aryl methyl sites for hydroxylation is 1. The third-order valence-electron chi connectivity index (χ3n) is 3.18. The van der Waals surface area contributed by atoms with E-state index in [1.165, 1.54) is 8.52 Å². The molecular weight excluding hydrogens is 276 g/mol. The maximum atomic E-state index is 12.1. The van der Waals surface area contributed by atoms with Gasteiger partial charge in [0.15, 0.2) is 0 Å². The van der Waals surface area contributed by atoms with Crippen molar-refractivity contribution in [2.24, 2.45) is 7.05 Å². The SMILES string of the molecule is COc1ccc(-n2c(=O)sn(C)c2=O)c2ccccc12. The summed E-state index contributed by atoms with van der Waals surface area (Å²) in [6.45, 7) is 0. The third kappa shape index (κ3) is 1.77. The highest BCUT2D eigenvalue weighted by Crippen LogP contribution is 2.29. The second-order valence-electron chi connectivity index (χ2n) is 4.31. The molecule has 0 aliphatic carbocycles. The van der Waals surface area contributed by atoms with Gasteiger partial charge >= 0.3 is 10.6 Å². The van der Waals surface area contributed by atoms with E-state index in [0.29, 0.717) is 11.4 Å². The van der Waals surface area contributed by atoms with Crippen LogP contribution in [0.4, 0.5) is 0 Å². The summed E-state index contributed by atoms with van der Waals surface area (Å²) in [7, 11) is 3.17. The lowest BCUT2D eigenvalue weighted by Crippen LogP contribution is -2.26. The van der Waals surface area contributed by atoms with Crippen molar-refractivity contribution in [3.63, 3.8) is 0 Å². The quantitative estimate of drug-likeness (QED) is 0.722. The molecule has 0 saturated heterocycles. The van der Waals surface area contributed by atoms with Crippen molar-refractivity contribution in [3.05, 3.63) is 56.5 Å².